The first kappa shape index (κ1) is 8.75. The van der Waals surface area contributed by atoms with Crippen molar-refractivity contribution in [3.05, 3.63) is 18.0 Å². The lowest BCUT2D eigenvalue weighted by atomic mass is 10.2. The Labute approximate surface area is 71.1 Å². The molecule has 0 fully saturated rings. The fourth-order valence-electron chi connectivity index (χ4n) is 0.922. The van der Waals surface area contributed by atoms with Gasteiger partial charge in [-0.3, -0.25) is 4.68 Å². The number of rotatable bonds is 3. The summed E-state index contributed by atoms with van der Waals surface area (Å²) in [5, 5.41) is 21.7. The summed E-state index contributed by atoms with van der Waals surface area (Å²) in [6, 6.07) is 3.62. The van der Waals surface area contributed by atoms with Crippen LogP contribution in [-0.4, -0.2) is 14.9 Å². The molecule has 4 nitrogen and oxygen atoms in total. The first-order chi connectivity index (χ1) is 5.77. The van der Waals surface area contributed by atoms with Crippen LogP contribution in [0.2, 0.25) is 0 Å². The summed E-state index contributed by atoms with van der Waals surface area (Å²) in [5.74, 6) is 0. The number of aliphatic hydroxyl groups excluding tert-OH is 1. The van der Waals surface area contributed by atoms with Gasteiger partial charge in [0.1, 0.15) is 6.10 Å². The fraction of sp³-hybridized carbons (Fsp3) is 0.500. The second-order valence-electron chi connectivity index (χ2n) is 2.47. The van der Waals surface area contributed by atoms with Crippen molar-refractivity contribution < 1.29 is 5.11 Å². The van der Waals surface area contributed by atoms with Gasteiger partial charge in [-0.05, 0) is 13.0 Å². The lowest BCUT2D eigenvalue weighted by Crippen LogP contribution is -2.00. The minimum absolute atomic E-state index is 0.0979. The van der Waals surface area contributed by atoms with E-state index < -0.39 is 6.10 Å². The molecule has 0 saturated heterocycles. The van der Waals surface area contributed by atoms with Crippen molar-refractivity contribution in [1.29, 1.82) is 5.26 Å². The minimum atomic E-state index is -0.747. The number of aliphatic hydroxyl groups is 1. The highest BCUT2D eigenvalue weighted by atomic mass is 16.3. The quantitative estimate of drug-likeness (QED) is 0.722. The average molecular weight is 165 g/mol. The van der Waals surface area contributed by atoms with E-state index in [1.165, 1.54) is 0 Å². The molecule has 1 heterocycles. The molecule has 64 valence electrons. The number of nitrogens with zero attached hydrogens (tertiary/aromatic N) is 3. The molecule has 0 aliphatic carbocycles. The van der Waals surface area contributed by atoms with Crippen LogP contribution < -0.4 is 0 Å². The molecule has 0 amide bonds. The lowest BCUT2D eigenvalue weighted by Gasteiger charge is -2.00. The number of hydrogen-bond donors (Lipinski definition) is 1. The Hall–Kier alpha value is -1.34. The molecule has 1 atom stereocenters. The van der Waals surface area contributed by atoms with E-state index in [0.717, 1.165) is 6.54 Å². The molecule has 0 radical (unpaired) electrons. The number of aryl methyl sites for hydroxylation is 1. The maximum absolute atomic E-state index is 9.33. The number of hydrogen-bond acceptors (Lipinski definition) is 3. The maximum Gasteiger partial charge on any atom is 0.111 e. The topological polar surface area (TPSA) is 61.8 Å². The maximum atomic E-state index is 9.33. The van der Waals surface area contributed by atoms with Gasteiger partial charge in [0.05, 0.1) is 18.2 Å². The second kappa shape index (κ2) is 3.88. The van der Waals surface area contributed by atoms with Gasteiger partial charge < -0.3 is 5.11 Å². The van der Waals surface area contributed by atoms with Crippen LogP contribution in [0, 0.1) is 11.3 Å². The normalized spacial score (nSPS) is 12.4. The van der Waals surface area contributed by atoms with Crippen LogP contribution in [-0.2, 0) is 6.54 Å². The van der Waals surface area contributed by atoms with Gasteiger partial charge in [-0.2, -0.15) is 10.4 Å². The van der Waals surface area contributed by atoms with E-state index in [9.17, 15) is 5.11 Å². The molecular weight excluding hydrogens is 154 g/mol. The van der Waals surface area contributed by atoms with Gasteiger partial charge >= 0.3 is 0 Å². The van der Waals surface area contributed by atoms with Gasteiger partial charge in [0, 0.05) is 12.7 Å². The molecule has 1 unspecified atom stereocenters. The number of nitriles is 1. The van der Waals surface area contributed by atoms with Crippen LogP contribution in [0.15, 0.2) is 12.3 Å². The molecule has 0 spiro atoms. The summed E-state index contributed by atoms with van der Waals surface area (Å²) in [7, 11) is 0. The average Bonchev–Trinajstić information content (AvgIpc) is 2.52. The zero-order chi connectivity index (χ0) is 8.97. The van der Waals surface area contributed by atoms with E-state index in [1.807, 2.05) is 13.0 Å². The zero-order valence-electron chi connectivity index (χ0n) is 6.94. The Balaban J connectivity index is 2.69. The summed E-state index contributed by atoms with van der Waals surface area (Å²) >= 11 is 0. The van der Waals surface area contributed by atoms with Crippen LogP contribution in [0.1, 0.15) is 25.1 Å². The van der Waals surface area contributed by atoms with Gasteiger partial charge in [0.25, 0.3) is 0 Å². The number of aromatic nitrogens is 2. The molecular formula is C8H11N3O. The van der Waals surface area contributed by atoms with Crippen molar-refractivity contribution in [2.75, 3.05) is 0 Å². The van der Waals surface area contributed by atoms with Gasteiger partial charge in [0.15, 0.2) is 0 Å². The van der Waals surface area contributed by atoms with Crippen molar-refractivity contribution in [3.63, 3.8) is 0 Å². The van der Waals surface area contributed by atoms with Crippen LogP contribution in [0.4, 0.5) is 0 Å². The van der Waals surface area contributed by atoms with Crippen molar-refractivity contribution in [1.82, 2.24) is 9.78 Å². The molecule has 0 saturated carbocycles. The smallest absolute Gasteiger partial charge is 0.111 e. The fourth-order valence-corrected chi connectivity index (χ4v) is 0.922. The Bertz CT molecular complexity index is 287. The molecule has 0 aliphatic rings. The first-order valence-corrected chi connectivity index (χ1v) is 3.86. The summed E-state index contributed by atoms with van der Waals surface area (Å²) in [6.07, 6.45) is 1.14. The van der Waals surface area contributed by atoms with Crippen LogP contribution >= 0.6 is 0 Å². The van der Waals surface area contributed by atoms with Crippen LogP contribution in [0.25, 0.3) is 0 Å². The lowest BCUT2D eigenvalue weighted by molar-refractivity contribution is 0.177. The predicted molar refractivity (Wildman–Crippen MR) is 43.1 cm³/mol. The molecule has 4 heteroatoms. The zero-order valence-corrected chi connectivity index (χ0v) is 6.94. The van der Waals surface area contributed by atoms with Gasteiger partial charge in [-0.1, -0.05) is 0 Å². The van der Waals surface area contributed by atoms with E-state index in [4.69, 9.17) is 5.26 Å². The van der Waals surface area contributed by atoms with E-state index in [1.54, 1.807) is 16.9 Å². The van der Waals surface area contributed by atoms with Crippen molar-refractivity contribution in [2.24, 2.45) is 0 Å². The third kappa shape index (κ3) is 1.83. The van der Waals surface area contributed by atoms with Crippen molar-refractivity contribution in [2.45, 2.75) is 26.0 Å². The van der Waals surface area contributed by atoms with E-state index in [0.29, 0.717) is 5.69 Å². The Morgan fingerprint density at radius 1 is 1.83 bits per heavy atom. The molecule has 0 aromatic carbocycles. The Kier molecular flexibility index (Phi) is 2.83. The Morgan fingerprint density at radius 3 is 3.08 bits per heavy atom. The van der Waals surface area contributed by atoms with E-state index in [2.05, 4.69) is 5.10 Å². The molecule has 1 aromatic heterocycles. The molecule has 0 bridgehead atoms. The highest BCUT2D eigenvalue weighted by Gasteiger charge is 2.09. The van der Waals surface area contributed by atoms with Gasteiger partial charge in [-0.15, -0.1) is 0 Å². The SMILES string of the molecule is CCn1ccc(C(O)CC#N)n1. The largest absolute Gasteiger partial charge is 0.386 e. The molecule has 1 N–H and O–H groups in total. The van der Waals surface area contributed by atoms with Gasteiger partial charge in [-0.25, -0.2) is 0 Å². The minimum Gasteiger partial charge on any atom is -0.386 e. The summed E-state index contributed by atoms with van der Waals surface area (Å²) in [5.41, 5.74) is 0.568. The third-order valence-corrected chi connectivity index (χ3v) is 1.61. The highest BCUT2D eigenvalue weighted by molar-refractivity contribution is 5.04. The summed E-state index contributed by atoms with van der Waals surface area (Å²) in [6.45, 7) is 2.74. The summed E-state index contributed by atoms with van der Waals surface area (Å²) in [4.78, 5) is 0. The van der Waals surface area contributed by atoms with Crippen LogP contribution in [0.3, 0.4) is 0 Å². The third-order valence-electron chi connectivity index (χ3n) is 1.61. The van der Waals surface area contributed by atoms with Crippen molar-refractivity contribution in [3.8, 4) is 6.07 Å². The standard InChI is InChI=1S/C8H11N3O/c1-2-11-6-4-7(10-11)8(12)3-5-9/h4,6,8,12H,2-3H2,1H3. The van der Waals surface area contributed by atoms with Crippen molar-refractivity contribution >= 4 is 0 Å². The highest BCUT2D eigenvalue weighted by Crippen LogP contribution is 2.12. The second-order valence-corrected chi connectivity index (χ2v) is 2.47. The first-order valence-electron chi connectivity index (χ1n) is 3.86. The monoisotopic (exact) mass is 165 g/mol. The molecule has 1 rings (SSSR count). The Morgan fingerprint density at radius 2 is 2.58 bits per heavy atom. The molecule has 1 aromatic rings. The van der Waals surface area contributed by atoms with Gasteiger partial charge in [0.2, 0.25) is 0 Å². The van der Waals surface area contributed by atoms with E-state index >= 15 is 0 Å². The summed E-state index contributed by atoms with van der Waals surface area (Å²) < 4.78 is 1.72. The predicted octanol–water partition coefficient (Wildman–Crippen LogP) is 0.850. The van der Waals surface area contributed by atoms with Crippen LogP contribution in [0.5, 0.6) is 0 Å². The molecule has 12 heavy (non-hydrogen) atoms. The van der Waals surface area contributed by atoms with E-state index in [-0.39, 0.29) is 6.42 Å². The molecule has 0 aliphatic heterocycles.